The lowest BCUT2D eigenvalue weighted by atomic mass is 9.86. The quantitative estimate of drug-likeness (QED) is 0.809. The zero-order valence-electron chi connectivity index (χ0n) is 15.6. The molecule has 2 aliphatic heterocycles. The smallest absolute Gasteiger partial charge is 0.475 e. The zero-order chi connectivity index (χ0) is 20.2. The number of hydrogen-bond donors (Lipinski definition) is 1. The van der Waals surface area contributed by atoms with Crippen LogP contribution >= 0.6 is 0 Å². The molecule has 158 valence electrons. The third-order valence-electron chi connectivity index (χ3n) is 5.59. The SMILES string of the molecule is O=C(O)C(F)(F)F.c1cc(CN2CC[C@]3(C[C@@H](OCC4CCC4)CO3)C2)co1. The summed E-state index contributed by atoms with van der Waals surface area (Å²) in [6.07, 6.45) is 5.13. The Morgan fingerprint density at radius 2 is 2.14 bits per heavy atom. The van der Waals surface area contributed by atoms with Gasteiger partial charge in [-0.25, -0.2) is 4.79 Å². The van der Waals surface area contributed by atoms with Crippen molar-refractivity contribution in [2.75, 3.05) is 26.3 Å². The molecule has 1 spiro atoms. The summed E-state index contributed by atoms with van der Waals surface area (Å²) in [7, 11) is 0. The van der Waals surface area contributed by atoms with E-state index in [1.54, 1.807) is 6.26 Å². The molecule has 2 saturated heterocycles. The van der Waals surface area contributed by atoms with Gasteiger partial charge in [-0.1, -0.05) is 6.42 Å². The van der Waals surface area contributed by atoms with E-state index in [9.17, 15) is 13.2 Å². The van der Waals surface area contributed by atoms with Gasteiger partial charge >= 0.3 is 12.1 Å². The van der Waals surface area contributed by atoms with E-state index in [2.05, 4.69) is 4.90 Å². The normalized spacial score (nSPS) is 28.2. The van der Waals surface area contributed by atoms with Crippen molar-refractivity contribution in [3.05, 3.63) is 24.2 Å². The van der Waals surface area contributed by atoms with Crippen molar-refractivity contribution in [2.24, 2.45) is 5.92 Å². The van der Waals surface area contributed by atoms with Crippen LogP contribution in [0.4, 0.5) is 13.2 Å². The molecular formula is C19H26F3NO5. The molecule has 0 bridgehead atoms. The average molecular weight is 405 g/mol. The fourth-order valence-corrected chi connectivity index (χ4v) is 3.83. The minimum Gasteiger partial charge on any atom is -0.475 e. The van der Waals surface area contributed by atoms with Gasteiger partial charge in [-0.15, -0.1) is 0 Å². The molecule has 3 heterocycles. The molecule has 0 unspecified atom stereocenters. The molecule has 0 aromatic carbocycles. The number of aliphatic carboxylic acids is 1. The molecule has 3 fully saturated rings. The summed E-state index contributed by atoms with van der Waals surface area (Å²) in [6.45, 7) is 4.84. The number of halogens is 3. The van der Waals surface area contributed by atoms with Gasteiger partial charge in [-0.3, -0.25) is 4.90 Å². The van der Waals surface area contributed by atoms with Crippen LogP contribution in [0.5, 0.6) is 0 Å². The van der Waals surface area contributed by atoms with Crippen molar-refractivity contribution < 1.29 is 37.0 Å². The number of alkyl halides is 3. The van der Waals surface area contributed by atoms with Gasteiger partial charge in [0.15, 0.2) is 0 Å². The second-order valence-corrected chi connectivity index (χ2v) is 7.85. The van der Waals surface area contributed by atoms with Gasteiger partial charge in [0, 0.05) is 38.2 Å². The molecule has 1 N–H and O–H groups in total. The zero-order valence-corrected chi connectivity index (χ0v) is 15.6. The van der Waals surface area contributed by atoms with Crippen molar-refractivity contribution in [2.45, 2.75) is 56.5 Å². The Hall–Kier alpha value is -1.58. The third-order valence-corrected chi connectivity index (χ3v) is 5.59. The van der Waals surface area contributed by atoms with Gasteiger partial charge in [-0.2, -0.15) is 13.2 Å². The largest absolute Gasteiger partial charge is 0.490 e. The number of hydrogen-bond acceptors (Lipinski definition) is 5. The number of rotatable bonds is 5. The maximum absolute atomic E-state index is 10.6. The van der Waals surface area contributed by atoms with Crippen molar-refractivity contribution in [1.82, 2.24) is 4.90 Å². The summed E-state index contributed by atoms with van der Waals surface area (Å²) < 4.78 is 49.1. The fraction of sp³-hybridized carbons (Fsp3) is 0.737. The number of likely N-dealkylation sites (tertiary alicyclic amines) is 1. The van der Waals surface area contributed by atoms with Gasteiger partial charge in [0.05, 0.1) is 30.8 Å². The van der Waals surface area contributed by atoms with Crippen LogP contribution in [0.1, 0.15) is 37.7 Å². The van der Waals surface area contributed by atoms with Crippen LogP contribution < -0.4 is 0 Å². The van der Waals surface area contributed by atoms with Crippen LogP contribution in [0.25, 0.3) is 0 Å². The van der Waals surface area contributed by atoms with E-state index in [0.29, 0.717) is 6.10 Å². The van der Waals surface area contributed by atoms with Gasteiger partial charge in [0.25, 0.3) is 0 Å². The summed E-state index contributed by atoms with van der Waals surface area (Å²) in [5.74, 6) is -1.93. The first-order valence-corrected chi connectivity index (χ1v) is 9.55. The standard InChI is InChI=1S/C17H25NO3.C2HF3O2/c1-2-14(3-1)11-20-16-8-17(21-12-16)5-6-18(13-17)9-15-4-7-19-10-15;3-2(4,5)1(6)7/h4,7,10,14,16H,1-3,5-6,8-9,11-13H2;(H,6,7)/t16-,17+;/m1./s1. The van der Waals surface area contributed by atoms with Crippen LogP contribution in [0, 0.1) is 5.92 Å². The first-order valence-electron chi connectivity index (χ1n) is 9.55. The predicted octanol–water partition coefficient (Wildman–Crippen LogP) is 3.46. The molecule has 0 radical (unpaired) electrons. The second kappa shape index (κ2) is 8.84. The average Bonchev–Trinajstić information content (AvgIpc) is 3.30. The molecule has 3 aliphatic rings. The van der Waals surface area contributed by atoms with E-state index < -0.39 is 12.1 Å². The summed E-state index contributed by atoms with van der Waals surface area (Å²) in [5.41, 5.74) is 1.30. The molecule has 28 heavy (non-hydrogen) atoms. The lowest BCUT2D eigenvalue weighted by molar-refractivity contribution is -0.192. The first kappa shape index (κ1) is 21.1. The van der Waals surface area contributed by atoms with Crippen LogP contribution in [0.2, 0.25) is 0 Å². The molecule has 6 nitrogen and oxygen atoms in total. The highest BCUT2D eigenvalue weighted by Crippen LogP contribution is 2.37. The lowest BCUT2D eigenvalue weighted by Crippen LogP contribution is -2.33. The van der Waals surface area contributed by atoms with Crippen molar-refractivity contribution in [1.29, 1.82) is 0 Å². The van der Waals surface area contributed by atoms with Gasteiger partial charge < -0.3 is 19.0 Å². The van der Waals surface area contributed by atoms with Crippen LogP contribution in [0.15, 0.2) is 23.0 Å². The van der Waals surface area contributed by atoms with Crippen molar-refractivity contribution in [3.63, 3.8) is 0 Å². The van der Waals surface area contributed by atoms with E-state index >= 15 is 0 Å². The minimum atomic E-state index is -5.08. The van der Waals surface area contributed by atoms with Crippen LogP contribution in [0.3, 0.4) is 0 Å². The number of carboxylic acids is 1. The van der Waals surface area contributed by atoms with Crippen molar-refractivity contribution in [3.8, 4) is 0 Å². The van der Waals surface area contributed by atoms with E-state index in [-0.39, 0.29) is 5.60 Å². The number of furan rings is 1. The second-order valence-electron chi connectivity index (χ2n) is 7.85. The minimum absolute atomic E-state index is 0.0496. The van der Waals surface area contributed by atoms with Gasteiger partial charge in [-0.05, 0) is 31.2 Å². The Balaban J connectivity index is 0.000000279. The Bertz CT molecular complexity index is 632. The molecule has 1 aromatic heterocycles. The van der Waals surface area contributed by atoms with E-state index in [1.165, 1.54) is 24.8 Å². The first-order chi connectivity index (χ1) is 13.3. The Morgan fingerprint density at radius 1 is 1.39 bits per heavy atom. The maximum atomic E-state index is 10.6. The molecule has 1 saturated carbocycles. The number of carboxylic acid groups (broad SMARTS) is 1. The molecule has 1 aromatic rings. The predicted molar refractivity (Wildman–Crippen MR) is 92.7 cm³/mol. The fourth-order valence-electron chi connectivity index (χ4n) is 3.83. The Kier molecular flexibility index (Phi) is 6.67. The van der Waals surface area contributed by atoms with Crippen LogP contribution in [-0.4, -0.2) is 60.2 Å². The summed E-state index contributed by atoms with van der Waals surface area (Å²) >= 11 is 0. The molecular weight excluding hydrogens is 379 g/mol. The number of ether oxygens (including phenoxy) is 2. The summed E-state index contributed by atoms with van der Waals surface area (Å²) in [5, 5.41) is 7.12. The summed E-state index contributed by atoms with van der Waals surface area (Å²) in [4.78, 5) is 11.4. The van der Waals surface area contributed by atoms with Crippen molar-refractivity contribution >= 4 is 5.97 Å². The highest BCUT2D eigenvalue weighted by molar-refractivity contribution is 5.73. The molecule has 0 amide bonds. The molecule has 2 atom stereocenters. The lowest BCUT2D eigenvalue weighted by Gasteiger charge is -2.27. The Labute approximate surface area is 161 Å². The number of nitrogens with zero attached hydrogens (tertiary/aromatic N) is 1. The number of carbonyl (C=O) groups is 1. The van der Waals surface area contributed by atoms with Gasteiger partial charge in [0.1, 0.15) is 0 Å². The van der Waals surface area contributed by atoms with Gasteiger partial charge in [0.2, 0.25) is 0 Å². The topological polar surface area (TPSA) is 72.1 Å². The maximum Gasteiger partial charge on any atom is 0.490 e. The molecule has 4 rings (SSSR count). The molecule has 9 heteroatoms. The van der Waals surface area contributed by atoms with E-state index in [4.69, 9.17) is 23.8 Å². The highest BCUT2D eigenvalue weighted by Gasteiger charge is 2.46. The third kappa shape index (κ3) is 5.71. The highest BCUT2D eigenvalue weighted by atomic mass is 19.4. The monoisotopic (exact) mass is 405 g/mol. The Morgan fingerprint density at radius 3 is 2.71 bits per heavy atom. The summed E-state index contributed by atoms with van der Waals surface area (Å²) in [6, 6.07) is 2.05. The van der Waals surface area contributed by atoms with Crippen LogP contribution in [-0.2, 0) is 20.8 Å². The van der Waals surface area contributed by atoms with E-state index in [1.807, 2.05) is 12.3 Å². The van der Waals surface area contributed by atoms with E-state index in [0.717, 1.165) is 51.6 Å². The molecule has 1 aliphatic carbocycles.